The Balaban J connectivity index is 1.66. The van der Waals surface area contributed by atoms with E-state index in [0.29, 0.717) is 13.2 Å². The van der Waals surface area contributed by atoms with Gasteiger partial charge in [0.1, 0.15) is 11.5 Å². The Morgan fingerprint density at radius 2 is 1.40 bits per heavy atom. The Bertz CT molecular complexity index is 491. The maximum absolute atomic E-state index is 9.41. The van der Waals surface area contributed by atoms with Crippen LogP contribution in [-0.4, -0.2) is 18.3 Å². The predicted octanol–water partition coefficient (Wildman–Crippen LogP) is 3.59. The average molecular weight is 272 g/mol. The standard InChI is InChI=1S/C17H20O3/c1-14(18)15-8-10-17(11-9-15)20-13-5-12-19-16-6-3-2-4-7-16/h2-4,6-11,14,18H,5,12-13H2,1H3. The highest BCUT2D eigenvalue weighted by molar-refractivity contribution is 5.28. The summed E-state index contributed by atoms with van der Waals surface area (Å²) >= 11 is 0. The molecular formula is C17H20O3. The first-order valence-electron chi connectivity index (χ1n) is 6.84. The van der Waals surface area contributed by atoms with Gasteiger partial charge >= 0.3 is 0 Å². The topological polar surface area (TPSA) is 38.7 Å². The van der Waals surface area contributed by atoms with Crippen molar-refractivity contribution in [3.05, 3.63) is 60.2 Å². The molecule has 0 amide bonds. The number of hydrogen-bond donors (Lipinski definition) is 1. The van der Waals surface area contributed by atoms with Gasteiger partial charge < -0.3 is 14.6 Å². The molecule has 0 radical (unpaired) electrons. The van der Waals surface area contributed by atoms with Gasteiger partial charge in [0, 0.05) is 6.42 Å². The van der Waals surface area contributed by atoms with Crippen molar-refractivity contribution in [2.45, 2.75) is 19.4 Å². The number of rotatable bonds is 7. The lowest BCUT2D eigenvalue weighted by Gasteiger charge is -2.09. The van der Waals surface area contributed by atoms with Crippen molar-refractivity contribution in [1.29, 1.82) is 0 Å². The minimum absolute atomic E-state index is 0.441. The molecule has 1 atom stereocenters. The highest BCUT2D eigenvalue weighted by atomic mass is 16.5. The van der Waals surface area contributed by atoms with Crippen LogP contribution >= 0.6 is 0 Å². The first kappa shape index (κ1) is 14.4. The summed E-state index contributed by atoms with van der Waals surface area (Å²) in [6, 6.07) is 17.3. The van der Waals surface area contributed by atoms with Crippen molar-refractivity contribution in [3.8, 4) is 11.5 Å². The molecule has 1 unspecified atom stereocenters. The zero-order valence-corrected chi connectivity index (χ0v) is 11.7. The van der Waals surface area contributed by atoms with Gasteiger partial charge in [-0.2, -0.15) is 0 Å². The molecule has 0 spiro atoms. The molecule has 0 aliphatic rings. The Kier molecular flexibility index (Phi) is 5.44. The second-order valence-corrected chi connectivity index (χ2v) is 4.61. The fourth-order valence-electron chi connectivity index (χ4n) is 1.80. The number of hydrogen-bond acceptors (Lipinski definition) is 3. The molecule has 1 N–H and O–H groups in total. The molecule has 0 fully saturated rings. The third-order valence-corrected chi connectivity index (χ3v) is 2.93. The highest BCUT2D eigenvalue weighted by Crippen LogP contribution is 2.17. The van der Waals surface area contributed by atoms with E-state index >= 15 is 0 Å². The molecule has 2 aromatic rings. The minimum atomic E-state index is -0.441. The number of benzene rings is 2. The van der Waals surface area contributed by atoms with Gasteiger partial charge in [-0.25, -0.2) is 0 Å². The van der Waals surface area contributed by atoms with E-state index < -0.39 is 6.10 Å². The summed E-state index contributed by atoms with van der Waals surface area (Å²) in [5.41, 5.74) is 0.893. The molecule has 0 heterocycles. The summed E-state index contributed by atoms with van der Waals surface area (Å²) < 4.78 is 11.2. The molecule has 0 saturated heterocycles. The van der Waals surface area contributed by atoms with Crippen LogP contribution in [0.15, 0.2) is 54.6 Å². The van der Waals surface area contributed by atoms with Crippen molar-refractivity contribution in [2.75, 3.05) is 13.2 Å². The van der Waals surface area contributed by atoms with Crippen LogP contribution in [0.4, 0.5) is 0 Å². The maximum atomic E-state index is 9.41. The van der Waals surface area contributed by atoms with Gasteiger partial charge in [0.05, 0.1) is 19.3 Å². The van der Waals surface area contributed by atoms with Gasteiger partial charge in [0.15, 0.2) is 0 Å². The van der Waals surface area contributed by atoms with E-state index in [2.05, 4.69) is 0 Å². The fourth-order valence-corrected chi connectivity index (χ4v) is 1.80. The van der Waals surface area contributed by atoms with Gasteiger partial charge in [-0.15, -0.1) is 0 Å². The van der Waals surface area contributed by atoms with Crippen LogP contribution in [-0.2, 0) is 0 Å². The fraction of sp³-hybridized carbons (Fsp3) is 0.294. The Morgan fingerprint density at radius 3 is 1.95 bits per heavy atom. The Hall–Kier alpha value is -2.00. The summed E-state index contributed by atoms with van der Waals surface area (Å²) in [7, 11) is 0. The van der Waals surface area contributed by atoms with E-state index in [9.17, 15) is 5.11 Å². The van der Waals surface area contributed by atoms with Crippen molar-refractivity contribution in [2.24, 2.45) is 0 Å². The lowest BCUT2D eigenvalue weighted by atomic mass is 10.1. The van der Waals surface area contributed by atoms with Crippen LogP contribution in [0.2, 0.25) is 0 Å². The Morgan fingerprint density at radius 1 is 0.850 bits per heavy atom. The minimum Gasteiger partial charge on any atom is -0.493 e. The SMILES string of the molecule is CC(O)c1ccc(OCCCOc2ccccc2)cc1. The van der Waals surface area contributed by atoms with E-state index in [1.54, 1.807) is 6.92 Å². The molecule has 0 aliphatic heterocycles. The molecule has 0 saturated carbocycles. The molecule has 3 heteroatoms. The lowest BCUT2D eigenvalue weighted by molar-refractivity contribution is 0.199. The molecule has 0 bridgehead atoms. The highest BCUT2D eigenvalue weighted by Gasteiger charge is 2.00. The van der Waals surface area contributed by atoms with E-state index in [1.807, 2.05) is 54.6 Å². The summed E-state index contributed by atoms with van der Waals surface area (Å²) in [5.74, 6) is 1.70. The first-order chi connectivity index (χ1) is 9.75. The smallest absolute Gasteiger partial charge is 0.119 e. The third-order valence-electron chi connectivity index (χ3n) is 2.93. The van der Waals surface area contributed by atoms with Crippen molar-refractivity contribution in [3.63, 3.8) is 0 Å². The van der Waals surface area contributed by atoms with Crippen LogP contribution in [0, 0.1) is 0 Å². The van der Waals surface area contributed by atoms with Gasteiger partial charge in [-0.05, 0) is 36.8 Å². The number of para-hydroxylation sites is 1. The zero-order chi connectivity index (χ0) is 14.2. The van der Waals surface area contributed by atoms with Crippen LogP contribution < -0.4 is 9.47 Å². The van der Waals surface area contributed by atoms with Crippen molar-refractivity contribution >= 4 is 0 Å². The zero-order valence-electron chi connectivity index (χ0n) is 11.7. The van der Waals surface area contributed by atoms with E-state index in [0.717, 1.165) is 23.5 Å². The second kappa shape index (κ2) is 7.56. The second-order valence-electron chi connectivity index (χ2n) is 4.61. The van der Waals surface area contributed by atoms with Gasteiger partial charge in [-0.3, -0.25) is 0 Å². The lowest BCUT2D eigenvalue weighted by Crippen LogP contribution is -2.05. The Labute approximate surface area is 119 Å². The quantitative estimate of drug-likeness (QED) is 0.783. The maximum Gasteiger partial charge on any atom is 0.119 e. The number of aliphatic hydroxyl groups is 1. The van der Waals surface area contributed by atoms with E-state index in [1.165, 1.54) is 0 Å². The largest absolute Gasteiger partial charge is 0.493 e. The van der Waals surface area contributed by atoms with E-state index in [-0.39, 0.29) is 0 Å². The van der Waals surface area contributed by atoms with Gasteiger partial charge in [0.25, 0.3) is 0 Å². The molecule has 2 rings (SSSR count). The van der Waals surface area contributed by atoms with Crippen LogP contribution in [0.5, 0.6) is 11.5 Å². The van der Waals surface area contributed by atoms with Crippen LogP contribution in [0.1, 0.15) is 25.0 Å². The molecule has 20 heavy (non-hydrogen) atoms. The molecule has 0 aromatic heterocycles. The summed E-state index contributed by atoms with van der Waals surface area (Å²) in [4.78, 5) is 0. The molecule has 0 aliphatic carbocycles. The van der Waals surface area contributed by atoms with Crippen LogP contribution in [0.3, 0.4) is 0 Å². The number of ether oxygens (including phenoxy) is 2. The molecule has 3 nitrogen and oxygen atoms in total. The summed E-state index contributed by atoms with van der Waals surface area (Å²) in [6.07, 6.45) is 0.385. The predicted molar refractivity (Wildman–Crippen MR) is 79.1 cm³/mol. The van der Waals surface area contributed by atoms with Crippen molar-refractivity contribution in [1.82, 2.24) is 0 Å². The van der Waals surface area contributed by atoms with E-state index in [4.69, 9.17) is 9.47 Å². The first-order valence-corrected chi connectivity index (χ1v) is 6.84. The van der Waals surface area contributed by atoms with Gasteiger partial charge in [0.2, 0.25) is 0 Å². The summed E-state index contributed by atoms with van der Waals surface area (Å²) in [6.45, 7) is 2.99. The molecular weight excluding hydrogens is 252 g/mol. The third kappa shape index (κ3) is 4.59. The summed E-state index contributed by atoms with van der Waals surface area (Å²) in [5, 5.41) is 9.41. The van der Waals surface area contributed by atoms with Crippen molar-refractivity contribution < 1.29 is 14.6 Å². The molecule has 2 aromatic carbocycles. The molecule has 106 valence electrons. The number of aliphatic hydroxyl groups excluding tert-OH is 1. The average Bonchev–Trinajstić information content (AvgIpc) is 2.48. The van der Waals surface area contributed by atoms with Crippen LogP contribution in [0.25, 0.3) is 0 Å². The monoisotopic (exact) mass is 272 g/mol. The normalized spacial score (nSPS) is 11.9. The van der Waals surface area contributed by atoms with Gasteiger partial charge in [-0.1, -0.05) is 30.3 Å².